The molecular weight excluding hydrogens is 229 g/mol. The number of benzene rings is 1. The van der Waals surface area contributed by atoms with Crippen molar-refractivity contribution < 1.29 is 22.7 Å². The molecule has 0 bridgehead atoms. The maximum absolute atomic E-state index is 12.2. The van der Waals surface area contributed by atoms with Crippen molar-refractivity contribution in [2.75, 3.05) is 5.75 Å². The van der Waals surface area contributed by atoms with E-state index < -0.39 is 17.7 Å². The van der Waals surface area contributed by atoms with E-state index in [1.807, 2.05) is 0 Å². The van der Waals surface area contributed by atoms with Crippen molar-refractivity contribution in [3.8, 4) is 5.75 Å². The third-order valence-corrected chi connectivity index (χ3v) is 1.78. The van der Waals surface area contributed by atoms with Crippen LogP contribution in [0.15, 0.2) is 24.3 Å². The molecule has 0 N–H and O–H groups in total. The predicted octanol–water partition coefficient (Wildman–Crippen LogP) is 2.54. The van der Waals surface area contributed by atoms with Gasteiger partial charge in [0.2, 0.25) is 0 Å². The molecule has 6 heteroatoms. The summed E-state index contributed by atoms with van der Waals surface area (Å²) in [5.41, 5.74) is -0.855. The number of esters is 1. The number of hydrogen-bond acceptors (Lipinski definition) is 3. The monoisotopic (exact) mass is 236 g/mol. The molecule has 15 heavy (non-hydrogen) atoms. The second-order valence-electron chi connectivity index (χ2n) is 2.66. The van der Waals surface area contributed by atoms with Gasteiger partial charge in [-0.25, -0.2) is 0 Å². The van der Waals surface area contributed by atoms with Crippen LogP contribution in [-0.2, 0) is 11.0 Å². The molecule has 0 aliphatic rings. The molecule has 1 aromatic rings. The van der Waals surface area contributed by atoms with E-state index in [1.165, 1.54) is 12.1 Å². The fourth-order valence-electron chi connectivity index (χ4n) is 0.900. The number of halogens is 3. The fraction of sp³-hybridized carbons (Fsp3) is 0.222. The molecule has 1 aromatic carbocycles. The first kappa shape index (κ1) is 11.9. The largest absolute Gasteiger partial charge is 0.426 e. The van der Waals surface area contributed by atoms with Crippen molar-refractivity contribution in [2.45, 2.75) is 6.18 Å². The number of alkyl halides is 3. The molecule has 0 saturated heterocycles. The molecule has 0 fully saturated rings. The zero-order valence-electron chi connectivity index (χ0n) is 7.41. The Morgan fingerprint density at radius 3 is 2.60 bits per heavy atom. The summed E-state index contributed by atoms with van der Waals surface area (Å²) in [6.07, 6.45) is -4.44. The first-order valence-corrected chi connectivity index (χ1v) is 4.55. The summed E-state index contributed by atoms with van der Waals surface area (Å²) < 4.78 is 41.3. The number of ether oxygens (including phenoxy) is 1. The molecule has 0 unspecified atom stereocenters. The Kier molecular flexibility index (Phi) is 3.62. The lowest BCUT2D eigenvalue weighted by molar-refractivity contribution is -0.138. The average Bonchev–Trinajstić information content (AvgIpc) is 2.17. The van der Waals surface area contributed by atoms with Crippen LogP contribution in [0.4, 0.5) is 13.2 Å². The maximum atomic E-state index is 12.2. The van der Waals surface area contributed by atoms with Crippen LogP contribution in [0.2, 0.25) is 0 Å². The topological polar surface area (TPSA) is 26.3 Å². The van der Waals surface area contributed by atoms with Gasteiger partial charge in [-0.2, -0.15) is 25.8 Å². The van der Waals surface area contributed by atoms with Crippen LogP contribution >= 0.6 is 12.6 Å². The number of carbonyl (C=O) groups excluding carboxylic acids is 1. The molecule has 0 amide bonds. The van der Waals surface area contributed by atoms with E-state index in [0.29, 0.717) is 0 Å². The molecule has 0 radical (unpaired) electrons. The highest BCUT2D eigenvalue weighted by atomic mass is 32.1. The Balaban J connectivity index is 2.88. The van der Waals surface area contributed by atoms with Gasteiger partial charge in [-0.3, -0.25) is 4.79 Å². The molecule has 2 nitrogen and oxygen atoms in total. The van der Waals surface area contributed by atoms with Crippen molar-refractivity contribution >= 4 is 18.6 Å². The van der Waals surface area contributed by atoms with Crippen LogP contribution < -0.4 is 4.74 Å². The molecule has 82 valence electrons. The van der Waals surface area contributed by atoms with Crippen molar-refractivity contribution in [2.24, 2.45) is 0 Å². The minimum absolute atomic E-state index is 0.135. The second-order valence-corrected chi connectivity index (χ2v) is 2.97. The average molecular weight is 236 g/mol. The zero-order valence-corrected chi connectivity index (χ0v) is 8.31. The molecule has 0 atom stereocenters. The van der Waals surface area contributed by atoms with Gasteiger partial charge in [0.1, 0.15) is 5.75 Å². The van der Waals surface area contributed by atoms with Crippen LogP contribution in [0.3, 0.4) is 0 Å². The van der Waals surface area contributed by atoms with Gasteiger partial charge in [0.05, 0.1) is 11.3 Å². The van der Waals surface area contributed by atoms with Crippen molar-refractivity contribution in [3.05, 3.63) is 29.8 Å². The van der Waals surface area contributed by atoms with Gasteiger partial charge >= 0.3 is 12.1 Å². The number of thiol groups is 1. The number of hydrogen-bond donors (Lipinski definition) is 1. The van der Waals surface area contributed by atoms with Crippen molar-refractivity contribution in [3.63, 3.8) is 0 Å². The van der Waals surface area contributed by atoms with Crippen LogP contribution in [0.1, 0.15) is 5.56 Å². The standard InChI is InChI=1S/C9H7F3O2S/c10-9(11,12)6-2-1-3-7(4-6)14-8(13)5-15/h1-4,15H,5H2. The lowest BCUT2D eigenvalue weighted by Crippen LogP contribution is -2.10. The predicted molar refractivity (Wildman–Crippen MR) is 50.9 cm³/mol. The summed E-state index contributed by atoms with van der Waals surface area (Å²) in [6.45, 7) is 0. The van der Waals surface area contributed by atoms with Gasteiger partial charge in [0.25, 0.3) is 0 Å². The highest BCUT2D eigenvalue weighted by Gasteiger charge is 2.30. The Morgan fingerprint density at radius 2 is 2.07 bits per heavy atom. The highest BCUT2D eigenvalue weighted by molar-refractivity contribution is 7.81. The van der Waals surface area contributed by atoms with Gasteiger partial charge in [-0.1, -0.05) is 6.07 Å². The highest BCUT2D eigenvalue weighted by Crippen LogP contribution is 2.31. The van der Waals surface area contributed by atoms with E-state index in [4.69, 9.17) is 0 Å². The molecule has 0 aromatic heterocycles. The van der Waals surface area contributed by atoms with E-state index in [9.17, 15) is 18.0 Å². The van der Waals surface area contributed by atoms with Crippen LogP contribution in [-0.4, -0.2) is 11.7 Å². The molecule has 0 saturated carbocycles. The fourth-order valence-corrected chi connectivity index (χ4v) is 0.964. The number of rotatable bonds is 2. The molecule has 1 rings (SSSR count). The second kappa shape index (κ2) is 4.57. The summed E-state index contributed by atoms with van der Waals surface area (Å²) in [7, 11) is 0. The van der Waals surface area contributed by atoms with E-state index in [1.54, 1.807) is 0 Å². The van der Waals surface area contributed by atoms with E-state index in [0.717, 1.165) is 12.1 Å². The van der Waals surface area contributed by atoms with Gasteiger partial charge in [-0.05, 0) is 18.2 Å². The van der Waals surface area contributed by atoms with Crippen LogP contribution in [0, 0.1) is 0 Å². The molecule has 0 aliphatic heterocycles. The van der Waals surface area contributed by atoms with E-state index in [-0.39, 0.29) is 11.5 Å². The van der Waals surface area contributed by atoms with Gasteiger partial charge in [-0.15, -0.1) is 0 Å². The Bertz CT molecular complexity index is 363. The first-order valence-electron chi connectivity index (χ1n) is 3.92. The van der Waals surface area contributed by atoms with Crippen molar-refractivity contribution in [1.82, 2.24) is 0 Å². The maximum Gasteiger partial charge on any atom is 0.416 e. The normalized spacial score (nSPS) is 11.2. The van der Waals surface area contributed by atoms with E-state index in [2.05, 4.69) is 17.4 Å². The minimum Gasteiger partial charge on any atom is -0.426 e. The molecule has 0 heterocycles. The molecule has 0 spiro atoms. The summed E-state index contributed by atoms with van der Waals surface area (Å²) in [5.74, 6) is -1.02. The Morgan fingerprint density at radius 1 is 1.40 bits per heavy atom. The molecule has 0 aliphatic carbocycles. The van der Waals surface area contributed by atoms with Crippen LogP contribution in [0.25, 0.3) is 0 Å². The summed E-state index contributed by atoms with van der Waals surface area (Å²) >= 11 is 3.63. The van der Waals surface area contributed by atoms with Crippen LogP contribution in [0.5, 0.6) is 5.75 Å². The van der Waals surface area contributed by atoms with Gasteiger partial charge in [0.15, 0.2) is 0 Å². The van der Waals surface area contributed by atoms with Gasteiger partial charge in [0, 0.05) is 0 Å². The number of carbonyl (C=O) groups is 1. The third-order valence-electron chi connectivity index (χ3n) is 1.52. The Labute approximate surface area is 89.5 Å². The summed E-state index contributed by atoms with van der Waals surface area (Å²) in [5, 5.41) is 0. The quantitative estimate of drug-likeness (QED) is 0.485. The molecular formula is C9H7F3O2S. The minimum atomic E-state index is -4.44. The lowest BCUT2D eigenvalue weighted by atomic mass is 10.2. The van der Waals surface area contributed by atoms with Gasteiger partial charge < -0.3 is 4.74 Å². The summed E-state index contributed by atoms with van der Waals surface area (Å²) in [6, 6.07) is 4.11. The lowest BCUT2D eigenvalue weighted by Gasteiger charge is -2.08. The van der Waals surface area contributed by atoms with Crippen molar-refractivity contribution in [1.29, 1.82) is 0 Å². The zero-order chi connectivity index (χ0) is 11.5. The smallest absolute Gasteiger partial charge is 0.416 e. The third kappa shape index (κ3) is 3.47. The first-order chi connectivity index (χ1) is 6.93. The SMILES string of the molecule is O=C(CS)Oc1cccc(C(F)(F)F)c1. The Hall–Kier alpha value is -1.17. The summed E-state index contributed by atoms with van der Waals surface area (Å²) in [4.78, 5) is 10.8. The van der Waals surface area contributed by atoms with E-state index >= 15 is 0 Å².